The van der Waals surface area contributed by atoms with Crippen LogP contribution in [-0.2, 0) is 4.74 Å². The van der Waals surface area contributed by atoms with Crippen molar-refractivity contribution in [2.24, 2.45) is 0 Å². The number of amides is 1. The van der Waals surface area contributed by atoms with Crippen LogP contribution in [0.5, 0.6) is 17.2 Å². The Labute approximate surface area is 126 Å². The highest BCUT2D eigenvalue weighted by molar-refractivity contribution is 9.10. The van der Waals surface area contributed by atoms with Crippen LogP contribution in [0.1, 0.15) is 10.4 Å². The minimum atomic E-state index is -0.256. The molecule has 0 atom stereocenters. The lowest BCUT2D eigenvalue weighted by molar-refractivity contribution is 0.0935. The molecule has 0 heterocycles. The molecule has 0 unspecified atom stereocenters. The molecule has 6 nitrogen and oxygen atoms in total. The summed E-state index contributed by atoms with van der Waals surface area (Å²) >= 11 is 3.35. The molecule has 0 fully saturated rings. The van der Waals surface area contributed by atoms with Gasteiger partial charge >= 0.3 is 0 Å². The van der Waals surface area contributed by atoms with E-state index in [0.29, 0.717) is 40.4 Å². The van der Waals surface area contributed by atoms with Crippen molar-refractivity contribution in [2.45, 2.75) is 0 Å². The molecule has 20 heavy (non-hydrogen) atoms. The van der Waals surface area contributed by atoms with E-state index in [2.05, 4.69) is 21.2 Å². The van der Waals surface area contributed by atoms with Gasteiger partial charge in [0.15, 0.2) is 11.5 Å². The monoisotopic (exact) mass is 347 g/mol. The average molecular weight is 348 g/mol. The van der Waals surface area contributed by atoms with Gasteiger partial charge in [-0.2, -0.15) is 0 Å². The van der Waals surface area contributed by atoms with Crippen molar-refractivity contribution in [3.8, 4) is 17.2 Å². The maximum absolute atomic E-state index is 12.1. The summed E-state index contributed by atoms with van der Waals surface area (Å²) in [4.78, 5) is 12.1. The van der Waals surface area contributed by atoms with Crippen LogP contribution in [0.15, 0.2) is 10.5 Å². The van der Waals surface area contributed by atoms with Gasteiger partial charge in [-0.15, -0.1) is 0 Å². The molecule has 1 amide bonds. The highest BCUT2D eigenvalue weighted by Gasteiger charge is 2.22. The number of methoxy groups -OCH3 is 4. The Balaban J connectivity index is 3.16. The quantitative estimate of drug-likeness (QED) is 0.762. The molecule has 0 saturated carbocycles. The van der Waals surface area contributed by atoms with Crippen molar-refractivity contribution in [1.29, 1.82) is 0 Å². The molecule has 1 rings (SSSR count). The summed E-state index contributed by atoms with van der Waals surface area (Å²) < 4.78 is 21.1. The molecule has 0 spiro atoms. The molecule has 0 aliphatic rings. The third kappa shape index (κ3) is 3.55. The number of hydrogen-bond acceptors (Lipinski definition) is 5. The van der Waals surface area contributed by atoms with Crippen molar-refractivity contribution in [1.82, 2.24) is 5.32 Å². The predicted octanol–water partition coefficient (Wildman–Crippen LogP) is 1.85. The molecule has 7 heteroatoms. The number of hydrogen-bond donors (Lipinski definition) is 1. The SMILES string of the molecule is COCCNC(=O)c1cc(OC)c(OC)c(OC)c1Br. The summed E-state index contributed by atoms with van der Waals surface area (Å²) in [5.41, 5.74) is 0.399. The lowest BCUT2D eigenvalue weighted by atomic mass is 10.1. The molecule has 0 bridgehead atoms. The lowest BCUT2D eigenvalue weighted by Gasteiger charge is -2.16. The number of halogens is 1. The summed E-state index contributed by atoms with van der Waals surface area (Å²) in [5, 5.41) is 2.73. The van der Waals surface area contributed by atoms with Crippen LogP contribution < -0.4 is 19.5 Å². The van der Waals surface area contributed by atoms with Gasteiger partial charge in [0.2, 0.25) is 5.75 Å². The van der Waals surface area contributed by atoms with Crippen LogP contribution in [0.3, 0.4) is 0 Å². The van der Waals surface area contributed by atoms with E-state index in [1.165, 1.54) is 21.3 Å². The standard InChI is InChI=1S/C13H18BrNO5/c1-17-6-5-15-13(16)8-7-9(18-2)11(19-3)12(20-4)10(8)14/h7H,5-6H2,1-4H3,(H,15,16). The Hall–Kier alpha value is -1.47. The van der Waals surface area contributed by atoms with Gasteiger partial charge in [0.1, 0.15) is 0 Å². The maximum atomic E-state index is 12.1. The van der Waals surface area contributed by atoms with Crippen LogP contribution in [0.25, 0.3) is 0 Å². The van der Waals surface area contributed by atoms with E-state index in [0.717, 1.165) is 0 Å². The second kappa shape index (κ2) is 7.96. The highest BCUT2D eigenvalue weighted by Crippen LogP contribution is 2.44. The van der Waals surface area contributed by atoms with Crippen LogP contribution >= 0.6 is 15.9 Å². The fourth-order valence-electron chi connectivity index (χ4n) is 1.65. The second-order valence-electron chi connectivity index (χ2n) is 3.76. The Kier molecular flexibility index (Phi) is 6.60. The van der Waals surface area contributed by atoms with Crippen LogP contribution in [0.4, 0.5) is 0 Å². The van der Waals surface area contributed by atoms with E-state index in [4.69, 9.17) is 18.9 Å². The van der Waals surface area contributed by atoms with Crippen molar-refractivity contribution in [2.75, 3.05) is 41.6 Å². The van der Waals surface area contributed by atoms with Gasteiger partial charge in [-0.1, -0.05) is 0 Å². The first-order valence-electron chi connectivity index (χ1n) is 5.86. The summed E-state index contributed by atoms with van der Waals surface area (Å²) in [6.45, 7) is 0.853. The zero-order chi connectivity index (χ0) is 15.1. The highest BCUT2D eigenvalue weighted by atomic mass is 79.9. The molecule has 112 valence electrons. The van der Waals surface area contributed by atoms with Crippen molar-refractivity contribution in [3.05, 3.63) is 16.1 Å². The Morgan fingerprint density at radius 1 is 1.15 bits per heavy atom. The van der Waals surface area contributed by atoms with E-state index in [9.17, 15) is 4.79 Å². The Morgan fingerprint density at radius 3 is 2.30 bits per heavy atom. The number of carbonyl (C=O) groups excluding carboxylic acids is 1. The molecule has 1 N–H and O–H groups in total. The average Bonchev–Trinajstić information content (AvgIpc) is 2.46. The first-order valence-corrected chi connectivity index (χ1v) is 6.65. The number of ether oxygens (including phenoxy) is 4. The number of nitrogens with one attached hydrogen (secondary N) is 1. The second-order valence-corrected chi connectivity index (χ2v) is 4.55. The third-order valence-electron chi connectivity index (χ3n) is 2.61. The van der Waals surface area contributed by atoms with Gasteiger partial charge in [-0.05, 0) is 22.0 Å². The predicted molar refractivity (Wildman–Crippen MR) is 78.0 cm³/mol. The summed E-state index contributed by atoms with van der Waals surface area (Å²) in [7, 11) is 6.07. The van der Waals surface area contributed by atoms with Gasteiger partial charge in [0.05, 0.1) is 38.0 Å². The number of carbonyl (C=O) groups is 1. The lowest BCUT2D eigenvalue weighted by Crippen LogP contribution is -2.27. The molecule has 0 aliphatic carbocycles. The Bertz CT molecular complexity index is 478. The van der Waals surface area contributed by atoms with E-state index in [1.54, 1.807) is 13.2 Å². The molecule has 0 aromatic heterocycles. The smallest absolute Gasteiger partial charge is 0.252 e. The summed E-state index contributed by atoms with van der Waals surface area (Å²) in [6.07, 6.45) is 0. The van der Waals surface area contributed by atoms with E-state index < -0.39 is 0 Å². The molecular formula is C13H18BrNO5. The van der Waals surface area contributed by atoms with Gasteiger partial charge < -0.3 is 24.3 Å². The van der Waals surface area contributed by atoms with Crippen molar-refractivity contribution < 1.29 is 23.7 Å². The molecular weight excluding hydrogens is 330 g/mol. The van der Waals surface area contributed by atoms with Crippen LogP contribution in [-0.4, -0.2) is 47.5 Å². The maximum Gasteiger partial charge on any atom is 0.252 e. The first-order chi connectivity index (χ1) is 9.60. The number of rotatable bonds is 7. The normalized spacial score (nSPS) is 10.1. The van der Waals surface area contributed by atoms with Gasteiger partial charge in [0, 0.05) is 13.7 Å². The van der Waals surface area contributed by atoms with E-state index >= 15 is 0 Å². The fraction of sp³-hybridized carbons (Fsp3) is 0.462. The van der Waals surface area contributed by atoms with Crippen LogP contribution in [0.2, 0.25) is 0 Å². The molecule has 1 aromatic rings. The number of benzene rings is 1. The van der Waals surface area contributed by atoms with Crippen molar-refractivity contribution in [3.63, 3.8) is 0 Å². The summed E-state index contributed by atoms with van der Waals surface area (Å²) in [6, 6.07) is 1.59. The first kappa shape index (κ1) is 16.6. The van der Waals surface area contributed by atoms with Crippen LogP contribution in [0, 0.1) is 0 Å². The zero-order valence-electron chi connectivity index (χ0n) is 11.9. The van der Waals surface area contributed by atoms with E-state index in [-0.39, 0.29) is 5.91 Å². The van der Waals surface area contributed by atoms with Gasteiger partial charge in [-0.3, -0.25) is 4.79 Å². The minimum absolute atomic E-state index is 0.256. The largest absolute Gasteiger partial charge is 0.493 e. The molecule has 0 aliphatic heterocycles. The molecule has 0 radical (unpaired) electrons. The fourth-order valence-corrected chi connectivity index (χ4v) is 2.28. The van der Waals surface area contributed by atoms with E-state index in [1.807, 2.05) is 0 Å². The van der Waals surface area contributed by atoms with Gasteiger partial charge in [-0.25, -0.2) is 0 Å². The molecule has 1 aromatic carbocycles. The topological polar surface area (TPSA) is 66.0 Å². The zero-order valence-corrected chi connectivity index (χ0v) is 13.5. The third-order valence-corrected chi connectivity index (χ3v) is 3.39. The van der Waals surface area contributed by atoms with Crippen molar-refractivity contribution >= 4 is 21.8 Å². The molecule has 0 saturated heterocycles. The Morgan fingerprint density at radius 2 is 1.80 bits per heavy atom. The minimum Gasteiger partial charge on any atom is -0.493 e. The van der Waals surface area contributed by atoms with Gasteiger partial charge in [0.25, 0.3) is 5.91 Å². The summed E-state index contributed by atoms with van der Waals surface area (Å²) in [5.74, 6) is 0.997.